The van der Waals surface area contributed by atoms with Crippen LogP contribution in [0.1, 0.15) is 27.2 Å². The van der Waals surface area contributed by atoms with Crippen LogP contribution in [0.5, 0.6) is 0 Å². The molecule has 202 valence electrons. The van der Waals surface area contributed by atoms with Crippen LogP contribution in [0.3, 0.4) is 0 Å². The molecule has 0 aromatic carbocycles. The van der Waals surface area contributed by atoms with Crippen molar-refractivity contribution in [3.8, 4) is 0 Å². The van der Waals surface area contributed by atoms with Gasteiger partial charge >= 0.3 is 20.2 Å². The number of carboxylic acid groups (broad SMARTS) is 1. The highest BCUT2D eigenvalue weighted by Gasteiger charge is 2.29. The first-order valence-corrected chi connectivity index (χ1v) is 12.3. The molecule has 5 unspecified atom stereocenters. The molecule has 17 heteroatoms. The molecule has 0 spiro atoms. The zero-order valence-corrected chi connectivity index (χ0v) is 21.2. The van der Waals surface area contributed by atoms with Gasteiger partial charge in [-0.3, -0.25) is 24.0 Å². The summed E-state index contributed by atoms with van der Waals surface area (Å²) in [6.07, 6.45) is -1.56. The van der Waals surface area contributed by atoms with Crippen LogP contribution in [0.25, 0.3) is 0 Å². The second kappa shape index (κ2) is 16.2. The number of urea groups is 1. The molecule has 0 rings (SSSR count). The van der Waals surface area contributed by atoms with Gasteiger partial charge in [0, 0.05) is 6.42 Å². The molecule has 5 amide bonds. The number of nitrogens with two attached hydrogens (primary N) is 1. The number of amides is 5. The molecule has 0 bridgehead atoms. The highest BCUT2D eigenvalue weighted by Crippen LogP contribution is 2.15. The van der Waals surface area contributed by atoms with Gasteiger partial charge in [-0.15, -0.1) is 4.52 Å². The predicted molar refractivity (Wildman–Crippen MR) is 124 cm³/mol. The summed E-state index contributed by atoms with van der Waals surface area (Å²) in [6, 6.07) is -5.81. The van der Waals surface area contributed by atoms with Crippen molar-refractivity contribution in [3.63, 3.8) is 0 Å². The summed E-state index contributed by atoms with van der Waals surface area (Å²) in [5.41, 5.74) is 5.33. The topological polar surface area (TPSA) is 252 Å². The standard InChI is InChI=1S/C19H31N6O10P/c1-9(15(28)16(29)10(2)24-19(32)33)22-14(27)7-21-17(30)11(3)23-18(31)25-12(8-35-36(4)34)13(26)5-6-20/h9-12,24H,5-8,20H2,1-4H3,(H4-,21,22,23,25,27,30,31,32,33)/p+1. The van der Waals surface area contributed by atoms with E-state index < -0.39 is 80.0 Å². The molecule has 0 aromatic heterocycles. The zero-order valence-electron chi connectivity index (χ0n) is 20.3. The SMILES string of the molecule is CC(NC(=O)NC(CO[P+](C)=O)C(=O)CCN)C(=O)NCC(=O)NC(C)C(=O)C(=O)C(C)NC(=O)O. The fraction of sp³-hybridized carbons (Fsp3) is 0.632. The number of hydrogen-bond acceptors (Lipinski definition) is 10. The van der Waals surface area contributed by atoms with Gasteiger partial charge in [-0.05, 0) is 31.9 Å². The van der Waals surface area contributed by atoms with E-state index in [9.17, 15) is 38.1 Å². The smallest absolute Gasteiger partial charge is 0.465 e. The van der Waals surface area contributed by atoms with Crippen LogP contribution >= 0.6 is 8.03 Å². The van der Waals surface area contributed by atoms with Crippen LogP contribution in [-0.2, 0) is 33.1 Å². The average molecular weight is 535 g/mol. The van der Waals surface area contributed by atoms with E-state index in [0.717, 1.165) is 0 Å². The molecule has 36 heavy (non-hydrogen) atoms. The molecule has 0 aliphatic rings. The highest BCUT2D eigenvalue weighted by atomic mass is 31.1. The molecule has 16 nitrogen and oxygen atoms in total. The first-order chi connectivity index (χ1) is 16.7. The summed E-state index contributed by atoms with van der Waals surface area (Å²) < 4.78 is 16.0. The molecule has 5 atom stereocenters. The van der Waals surface area contributed by atoms with Crippen LogP contribution in [0, 0.1) is 0 Å². The number of hydrogen-bond donors (Lipinski definition) is 7. The third-order valence-electron chi connectivity index (χ3n) is 4.42. The Balaban J connectivity index is 4.70. The minimum Gasteiger partial charge on any atom is -0.465 e. The molecule has 0 aliphatic heterocycles. The van der Waals surface area contributed by atoms with Gasteiger partial charge in [-0.1, -0.05) is 0 Å². The molecular formula is C19H32N6O10P+. The van der Waals surface area contributed by atoms with Crippen LogP contribution in [0.2, 0.25) is 0 Å². The summed E-state index contributed by atoms with van der Waals surface area (Å²) in [6.45, 7) is 4.01. The van der Waals surface area contributed by atoms with E-state index in [4.69, 9.17) is 15.4 Å². The zero-order chi connectivity index (χ0) is 28.0. The third-order valence-corrected chi connectivity index (χ3v) is 4.93. The van der Waals surface area contributed by atoms with Crippen molar-refractivity contribution >= 4 is 49.3 Å². The van der Waals surface area contributed by atoms with E-state index in [1.807, 2.05) is 5.32 Å². The van der Waals surface area contributed by atoms with E-state index in [0.29, 0.717) is 0 Å². The molecule has 0 fully saturated rings. The first kappa shape index (κ1) is 32.5. The summed E-state index contributed by atoms with van der Waals surface area (Å²) in [5, 5.41) is 19.4. The van der Waals surface area contributed by atoms with Gasteiger partial charge in [0.05, 0.1) is 18.6 Å². The fourth-order valence-corrected chi connectivity index (χ4v) is 2.89. The molecule has 0 heterocycles. The van der Waals surface area contributed by atoms with E-state index in [1.54, 1.807) is 0 Å². The highest BCUT2D eigenvalue weighted by molar-refractivity contribution is 7.38. The van der Waals surface area contributed by atoms with Crippen LogP contribution < -0.4 is 32.3 Å². The maximum absolute atomic E-state index is 12.2. The minimum absolute atomic E-state index is 0.0222. The monoisotopic (exact) mass is 535 g/mol. The summed E-state index contributed by atoms with van der Waals surface area (Å²) in [4.78, 5) is 82.9. The van der Waals surface area contributed by atoms with E-state index in [1.165, 1.54) is 27.4 Å². The van der Waals surface area contributed by atoms with Crippen LogP contribution in [-0.4, -0.2) is 96.9 Å². The predicted octanol–water partition coefficient (Wildman–Crippen LogP) is -2.24. The van der Waals surface area contributed by atoms with Crippen molar-refractivity contribution in [1.82, 2.24) is 26.6 Å². The van der Waals surface area contributed by atoms with Gasteiger partial charge in [0.1, 0.15) is 18.7 Å². The lowest BCUT2D eigenvalue weighted by atomic mass is 10.1. The Kier molecular flexibility index (Phi) is 14.7. The molecular weight excluding hydrogens is 503 g/mol. The van der Waals surface area contributed by atoms with Crippen molar-refractivity contribution in [2.24, 2.45) is 5.73 Å². The minimum atomic E-state index is -2.03. The Bertz CT molecular complexity index is 883. The molecule has 0 saturated heterocycles. The Morgan fingerprint density at radius 3 is 1.94 bits per heavy atom. The van der Waals surface area contributed by atoms with Gasteiger partial charge in [-0.2, -0.15) is 0 Å². The number of rotatable bonds is 16. The lowest BCUT2D eigenvalue weighted by Crippen LogP contribution is -2.54. The summed E-state index contributed by atoms with van der Waals surface area (Å²) in [7, 11) is -2.03. The second-order valence-corrected chi connectivity index (χ2v) is 8.68. The molecule has 0 aromatic rings. The Labute approximate surface area is 207 Å². The van der Waals surface area contributed by atoms with E-state index >= 15 is 0 Å². The van der Waals surface area contributed by atoms with Crippen LogP contribution in [0.4, 0.5) is 9.59 Å². The number of Topliss-reactive ketones (excluding diaryl/α,β-unsaturated/α-hetero) is 3. The Morgan fingerprint density at radius 2 is 1.44 bits per heavy atom. The fourth-order valence-electron chi connectivity index (χ4n) is 2.53. The molecule has 0 radical (unpaired) electrons. The quantitative estimate of drug-likeness (QED) is 0.0822. The number of carbonyl (C=O) groups is 7. The third kappa shape index (κ3) is 12.8. The average Bonchev–Trinajstić information content (AvgIpc) is 2.78. The van der Waals surface area contributed by atoms with Gasteiger partial charge < -0.3 is 37.4 Å². The van der Waals surface area contributed by atoms with E-state index in [-0.39, 0.29) is 19.6 Å². The normalized spacial score (nSPS) is 14.2. The van der Waals surface area contributed by atoms with Crippen molar-refractivity contribution in [3.05, 3.63) is 0 Å². The van der Waals surface area contributed by atoms with Crippen molar-refractivity contribution in [2.75, 3.05) is 26.4 Å². The summed E-state index contributed by atoms with van der Waals surface area (Å²) in [5.74, 6) is -4.18. The number of carbonyl (C=O) groups excluding carboxylic acids is 6. The largest absolute Gasteiger partial charge is 0.504 e. The van der Waals surface area contributed by atoms with Crippen molar-refractivity contribution < 1.29 is 47.8 Å². The van der Waals surface area contributed by atoms with Gasteiger partial charge in [0.2, 0.25) is 23.4 Å². The first-order valence-electron chi connectivity index (χ1n) is 10.7. The second-order valence-electron chi connectivity index (χ2n) is 7.54. The van der Waals surface area contributed by atoms with Gasteiger partial charge in [0.25, 0.3) is 0 Å². The lowest BCUT2D eigenvalue weighted by molar-refractivity contribution is -0.139. The Morgan fingerprint density at radius 1 is 0.889 bits per heavy atom. The van der Waals surface area contributed by atoms with E-state index in [2.05, 4.69) is 21.3 Å². The molecule has 8 N–H and O–H groups in total. The maximum atomic E-state index is 12.2. The lowest BCUT2D eigenvalue weighted by Gasteiger charge is -2.19. The van der Waals surface area contributed by atoms with Crippen molar-refractivity contribution in [2.45, 2.75) is 51.4 Å². The van der Waals surface area contributed by atoms with Crippen LogP contribution in [0.15, 0.2) is 0 Å². The Hall–Kier alpha value is -3.49. The van der Waals surface area contributed by atoms with Gasteiger partial charge in [-0.25, -0.2) is 9.59 Å². The number of nitrogens with one attached hydrogen (secondary N) is 5. The van der Waals surface area contributed by atoms with Crippen molar-refractivity contribution in [1.29, 1.82) is 0 Å². The summed E-state index contributed by atoms with van der Waals surface area (Å²) >= 11 is 0. The maximum Gasteiger partial charge on any atom is 0.504 e. The molecule has 0 saturated carbocycles. The molecule has 0 aliphatic carbocycles. The van der Waals surface area contributed by atoms with Gasteiger partial charge in [0.15, 0.2) is 12.4 Å². The number of ketones is 3.